The van der Waals surface area contributed by atoms with Gasteiger partial charge in [0.15, 0.2) is 0 Å². The second kappa shape index (κ2) is 5.92. The number of rotatable bonds is 3. The molecule has 0 aliphatic heterocycles. The summed E-state index contributed by atoms with van der Waals surface area (Å²) >= 11 is 0. The molecule has 0 unspecified atom stereocenters. The van der Waals surface area contributed by atoms with Crippen LogP contribution in [0.4, 0.5) is 21.5 Å². The number of nitrogens with two attached hydrogens (primary N) is 1. The molecular weight excluding hydrogens is 273 g/mol. The lowest BCUT2D eigenvalue weighted by atomic mass is 10.1. The standard InChI is InChI=1S/C15H12FN3O2/c1-21-15(20)10-3-4-12(18)14(7-10)19-13-5-2-9(8-17)6-11(13)16/h2-7,19H,18H2,1H3. The Morgan fingerprint density at radius 2 is 2.05 bits per heavy atom. The molecule has 2 aromatic carbocycles. The van der Waals surface area contributed by atoms with Gasteiger partial charge in [0.25, 0.3) is 0 Å². The van der Waals surface area contributed by atoms with Gasteiger partial charge < -0.3 is 15.8 Å². The molecule has 5 nitrogen and oxygen atoms in total. The van der Waals surface area contributed by atoms with Crippen molar-refractivity contribution in [2.24, 2.45) is 0 Å². The van der Waals surface area contributed by atoms with Crippen molar-refractivity contribution < 1.29 is 13.9 Å². The number of ether oxygens (including phenoxy) is 1. The van der Waals surface area contributed by atoms with E-state index in [0.717, 1.165) is 6.07 Å². The van der Waals surface area contributed by atoms with Crippen LogP contribution in [0.25, 0.3) is 0 Å². The van der Waals surface area contributed by atoms with Gasteiger partial charge in [-0.05, 0) is 36.4 Å². The summed E-state index contributed by atoms with van der Waals surface area (Å²) in [6, 6.07) is 10.4. The van der Waals surface area contributed by atoms with E-state index in [1.54, 1.807) is 0 Å². The predicted molar refractivity (Wildman–Crippen MR) is 76.6 cm³/mol. The van der Waals surface area contributed by atoms with E-state index in [1.165, 1.54) is 37.4 Å². The van der Waals surface area contributed by atoms with Gasteiger partial charge in [-0.1, -0.05) is 0 Å². The Morgan fingerprint density at radius 1 is 1.29 bits per heavy atom. The summed E-state index contributed by atoms with van der Waals surface area (Å²) < 4.78 is 18.5. The molecule has 0 aliphatic carbocycles. The van der Waals surface area contributed by atoms with Crippen molar-refractivity contribution >= 4 is 23.0 Å². The number of methoxy groups -OCH3 is 1. The third-order valence-electron chi connectivity index (χ3n) is 2.84. The Kier molecular flexibility index (Phi) is 4.05. The SMILES string of the molecule is COC(=O)c1ccc(N)c(Nc2ccc(C#N)cc2F)c1. The molecule has 0 radical (unpaired) electrons. The average Bonchev–Trinajstić information content (AvgIpc) is 2.50. The van der Waals surface area contributed by atoms with Crippen molar-refractivity contribution in [1.82, 2.24) is 0 Å². The quantitative estimate of drug-likeness (QED) is 0.668. The number of carbonyl (C=O) groups excluding carboxylic acids is 1. The number of esters is 1. The Hall–Kier alpha value is -3.07. The third kappa shape index (κ3) is 3.09. The number of nitrogens with zero attached hydrogens (tertiary/aromatic N) is 1. The van der Waals surface area contributed by atoms with E-state index >= 15 is 0 Å². The normalized spacial score (nSPS) is 9.76. The van der Waals surface area contributed by atoms with Gasteiger partial charge in [-0.15, -0.1) is 0 Å². The number of nitrogens with one attached hydrogen (secondary N) is 1. The first-order valence-electron chi connectivity index (χ1n) is 5.99. The zero-order valence-electron chi connectivity index (χ0n) is 11.2. The summed E-state index contributed by atoms with van der Waals surface area (Å²) in [5.41, 5.74) is 7.19. The van der Waals surface area contributed by atoms with Crippen LogP contribution in [0.3, 0.4) is 0 Å². The van der Waals surface area contributed by atoms with E-state index in [1.807, 2.05) is 6.07 Å². The summed E-state index contributed by atoms with van der Waals surface area (Å²) in [5.74, 6) is -1.10. The lowest BCUT2D eigenvalue weighted by Gasteiger charge is -2.11. The maximum atomic E-state index is 13.8. The van der Waals surface area contributed by atoms with Crippen LogP contribution in [0.15, 0.2) is 36.4 Å². The highest BCUT2D eigenvalue weighted by Crippen LogP contribution is 2.26. The van der Waals surface area contributed by atoms with E-state index in [2.05, 4.69) is 10.1 Å². The molecule has 0 aromatic heterocycles. The summed E-state index contributed by atoms with van der Waals surface area (Å²) in [7, 11) is 1.27. The predicted octanol–water partition coefficient (Wildman–Crippen LogP) is 2.81. The van der Waals surface area contributed by atoms with E-state index in [-0.39, 0.29) is 11.3 Å². The van der Waals surface area contributed by atoms with E-state index in [0.29, 0.717) is 16.9 Å². The highest BCUT2D eigenvalue weighted by Gasteiger charge is 2.10. The number of halogens is 1. The minimum absolute atomic E-state index is 0.155. The Bertz CT molecular complexity index is 738. The molecule has 2 aromatic rings. The van der Waals surface area contributed by atoms with Gasteiger partial charge in [0, 0.05) is 0 Å². The molecule has 0 saturated carbocycles. The van der Waals surface area contributed by atoms with Gasteiger partial charge in [-0.3, -0.25) is 0 Å². The van der Waals surface area contributed by atoms with Gasteiger partial charge in [0.2, 0.25) is 0 Å². The smallest absolute Gasteiger partial charge is 0.337 e. The zero-order valence-corrected chi connectivity index (χ0v) is 11.2. The van der Waals surface area contributed by atoms with Gasteiger partial charge in [-0.25, -0.2) is 9.18 Å². The van der Waals surface area contributed by atoms with Crippen LogP contribution in [0.5, 0.6) is 0 Å². The highest BCUT2D eigenvalue weighted by atomic mass is 19.1. The minimum atomic E-state index is -0.586. The first-order chi connectivity index (χ1) is 10.0. The van der Waals surface area contributed by atoms with Gasteiger partial charge in [-0.2, -0.15) is 5.26 Å². The van der Waals surface area contributed by atoms with Crippen molar-refractivity contribution in [2.45, 2.75) is 0 Å². The van der Waals surface area contributed by atoms with Gasteiger partial charge in [0.1, 0.15) is 5.82 Å². The summed E-state index contributed by atoms with van der Waals surface area (Å²) in [4.78, 5) is 11.5. The molecule has 21 heavy (non-hydrogen) atoms. The Balaban J connectivity index is 2.35. The molecule has 0 heterocycles. The van der Waals surface area contributed by atoms with Crippen molar-refractivity contribution in [3.05, 3.63) is 53.3 Å². The van der Waals surface area contributed by atoms with Crippen LogP contribution in [0.2, 0.25) is 0 Å². The molecule has 0 bridgehead atoms. The molecule has 0 aliphatic rings. The van der Waals surface area contributed by atoms with Crippen molar-refractivity contribution in [2.75, 3.05) is 18.2 Å². The molecule has 0 saturated heterocycles. The van der Waals surface area contributed by atoms with Crippen molar-refractivity contribution in [1.29, 1.82) is 5.26 Å². The van der Waals surface area contributed by atoms with E-state index in [4.69, 9.17) is 11.0 Å². The van der Waals surface area contributed by atoms with Crippen LogP contribution in [-0.2, 0) is 4.74 Å². The summed E-state index contributed by atoms with van der Waals surface area (Å²) in [6.07, 6.45) is 0. The van der Waals surface area contributed by atoms with Gasteiger partial charge in [0.05, 0.1) is 41.4 Å². The zero-order chi connectivity index (χ0) is 15.4. The summed E-state index contributed by atoms with van der Waals surface area (Å²) in [5, 5.41) is 11.5. The van der Waals surface area contributed by atoms with E-state index in [9.17, 15) is 9.18 Å². The number of anilines is 3. The molecule has 2 rings (SSSR count). The second-order valence-electron chi connectivity index (χ2n) is 4.23. The lowest BCUT2D eigenvalue weighted by molar-refractivity contribution is 0.0601. The number of hydrogen-bond donors (Lipinski definition) is 2. The molecule has 0 fully saturated rings. The number of benzene rings is 2. The fourth-order valence-electron chi connectivity index (χ4n) is 1.74. The van der Waals surface area contributed by atoms with Crippen LogP contribution < -0.4 is 11.1 Å². The highest BCUT2D eigenvalue weighted by molar-refractivity contribution is 5.92. The molecule has 6 heteroatoms. The molecule has 106 valence electrons. The topological polar surface area (TPSA) is 88.1 Å². The largest absolute Gasteiger partial charge is 0.465 e. The maximum absolute atomic E-state index is 13.8. The fraction of sp³-hybridized carbons (Fsp3) is 0.0667. The number of hydrogen-bond acceptors (Lipinski definition) is 5. The van der Waals surface area contributed by atoms with E-state index < -0.39 is 11.8 Å². The van der Waals surface area contributed by atoms with Crippen LogP contribution in [0.1, 0.15) is 15.9 Å². The number of nitrogen functional groups attached to an aromatic ring is 1. The third-order valence-corrected chi connectivity index (χ3v) is 2.84. The second-order valence-corrected chi connectivity index (χ2v) is 4.23. The minimum Gasteiger partial charge on any atom is -0.465 e. The number of nitriles is 1. The van der Waals surface area contributed by atoms with Crippen LogP contribution >= 0.6 is 0 Å². The summed E-state index contributed by atoms with van der Waals surface area (Å²) in [6.45, 7) is 0. The molecule has 0 spiro atoms. The monoisotopic (exact) mass is 285 g/mol. The fourth-order valence-corrected chi connectivity index (χ4v) is 1.74. The first-order valence-corrected chi connectivity index (χ1v) is 5.99. The molecular formula is C15H12FN3O2. The number of carbonyl (C=O) groups is 1. The van der Waals surface area contributed by atoms with Crippen molar-refractivity contribution in [3.63, 3.8) is 0 Å². The Morgan fingerprint density at radius 3 is 2.67 bits per heavy atom. The van der Waals surface area contributed by atoms with Crippen molar-refractivity contribution in [3.8, 4) is 6.07 Å². The van der Waals surface area contributed by atoms with Crippen LogP contribution in [-0.4, -0.2) is 13.1 Å². The average molecular weight is 285 g/mol. The van der Waals surface area contributed by atoms with Gasteiger partial charge >= 0.3 is 5.97 Å². The molecule has 0 atom stereocenters. The lowest BCUT2D eigenvalue weighted by Crippen LogP contribution is -2.04. The maximum Gasteiger partial charge on any atom is 0.337 e. The Labute approximate surface area is 120 Å². The molecule has 3 N–H and O–H groups in total. The molecule has 0 amide bonds. The first kappa shape index (κ1) is 14.3. The van der Waals surface area contributed by atoms with Crippen LogP contribution in [0, 0.1) is 17.1 Å².